The van der Waals surface area contributed by atoms with E-state index in [0.29, 0.717) is 23.5 Å². The number of nitrogens with zero attached hydrogens (tertiary/aromatic N) is 3. The second-order valence-electron chi connectivity index (χ2n) is 8.91. The second kappa shape index (κ2) is 8.17. The number of hydrogen-bond donors (Lipinski definition) is 3. The molecule has 4 N–H and O–H groups in total. The van der Waals surface area contributed by atoms with Gasteiger partial charge in [0, 0.05) is 24.8 Å². The maximum absolute atomic E-state index is 14.4. The number of rotatable bonds is 4. The molecule has 0 spiro atoms. The third-order valence-electron chi connectivity index (χ3n) is 6.14. The van der Waals surface area contributed by atoms with E-state index < -0.39 is 11.4 Å². The molecule has 4 aromatic rings. The van der Waals surface area contributed by atoms with Crippen LogP contribution in [0.5, 0.6) is 0 Å². The van der Waals surface area contributed by atoms with Crippen molar-refractivity contribution >= 4 is 33.3 Å². The minimum atomic E-state index is -0.491. The van der Waals surface area contributed by atoms with Gasteiger partial charge in [0.05, 0.1) is 40.3 Å². The number of aromatic nitrogens is 3. The van der Waals surface area contributed by atoms with E-state index in [-0.39, 0.29) is 28.8 Å². The number of nitrogens with one attached hydrogen (secondary N) is 2. The summed E-state index contributed by atoms with van der Waals surface area (Å²) < 4.78 is 20.4. The third kappa shape index (κ3) is 3.83. The zero-order chi connectivity index (χ0) is 23.3. The smallest absolute Gasteiger partial charge is 0.261 e. The summed E-state index contributed by atoms with van der Waals surface area (Å²) in [6.45, 7) is 4.42. The van der Waals surface area contributed by atoms with Crippen LogP contribution in [0.1, 0.15) is 6.92 Å². The van der Waals surface area contributed by atoms with Crippen molar-refractivity contribution in [1.82, 2.24) is 19.9 Å². The number of likely N-dealkylation sites (N-methyl/N-ethyl adjacent to an activating group) is 1. The quantitative estimate of drug-likeness (QED) is 0.442. The molecule has 0 saturated carbocycles. The highest BCUT2D eigenvalue weighted by Crippen LogP contribution is 2.31. The number of fused-ring (bicyclic) bond motifs is 2. The molecule has 1 fully saturated rings. The van der Waals surface area contributed by atoms with Crippen LogP contribution in [-0.2, 0) is 4.74 Å². The van der Waals surface area contributed by atoms with Crippen LogP contribution < -0.4 is 16.2 Å². The molecule has 3 heterocycles. The van der Waals surface area contributed by atoms with Gasteiger partial charge in [-0.05, 0) is 51.4 Å². The first kappa shape index (κ1) is 21.4. The minimum Gasteiger partial charge on any atom is -0.397 e. The lowest BCUT2D eigenvalue weighted by Gasteiger charge is -2.40. The molecule has 0 bridgehead atoms. The molecule has 0 amide bonds. The number of anilines is 2. The highest BCUT2D eigenvalue weighted by Gasteiger charge is 2.27. The van der Waals surface area contributed by atoms with Crippen molar-refractivity contribution in [1.29, 1.82) is 0 Å². The maximum atomic E-state index is 14.4. The first-order valence-corrected chi connectivity index (χ1v) is 10.9. The monoisotopic (exact) mass is 450 g/mol. The number of halogens is 1. The maximum Gasteiger partial charge on any atom is 0.261 e. The molecule has 1 aliphatic heterocycles. The SMILES string of the molecule is C[C@H]1CO[C@@H](CN(C)C)CN1c1ccc2nc(-c3c(N)c4c(F)cccc4[nH]c3=O)[nH]c2c1. The molecule has 2 aromatic carbocycles. The highest BCUT2D eigenvalue weighted by atomic mass is 19.1. The van der Waals surface area contributed by atoms with E-state index in [2.05, 4.69) is 31.7 Å². The molecular weight excluding hydrogens is 423 g/mol. The predicted molar refractivity (Wildman–Crippen MR) is 129 cm³/mol. The Labute approximate surface area is 190 Å². The van der Waals surface area contributed by atoms with Gasteiger partial charge in [0.25, 0.3) is 5.56 Å². The lowest BCUT2D eigenvalue weighted by Crippen LogP contribution is -2.51. The van der Waals surface area contributed by atoms with Crippen molar-refractivity contribution in [3.8, 4) is 11.4 Å². The number of H-pyrrole nitrogens is 2. The van der Waals surface area contributed by atoms with Gasteiger partial charge < -0.3 is 30.2 Å². The largest absolute Gasteiger partial charge is 0.397 e. The van der Waals surface area contributed by atoms with Crippen LogP contribution in [-0.4, -0.2) is 65.8 Å². The Morgan fingerprint density at radius 3 is 2.85 bits per heavy atom. The summed E-state index contributed by atoms with van der Waals surface area (Å²) in [6, 6.07) is 10.7. The predicted octanol–water partition coefficient (Wildman–Crippen LogP) is 2.95. The van der Waals surface area contributed by atoms with E-state index in [0.717, 1.165) is 24.3 Å². The summed E-state index contributed by atoms with van der Waals surface area (Å²) >= 11 is 0. The van der Waals surface area contributed by atoms with Gasteiger partial charge in [-0.15, -0.1) is 0 Å². The number of nitrogens with two attached hydrogens (primary N) is 1. The Morgan fingerprint density at radius 1 is 1.24 bits per heavy atom. The number of hydrogen-bond acceptors (Lipinski definition) is 6. The highest BCUT2D eigenvalue weighted by molar-refractivity contribution is 5.98. The van der Waals surface area contributed by atoms with Gasteiger partial charge in [-0.3, -0.25) is 4.79 Å². The van der Waals surface area contributed by atoms with Crippen molar-refractivity contribution in [2.45, 2.75) is 19.1 Å². The number of morpholine rings is 1. The molecule has 33 heavy (non-hydrogen) atoms. The summed E-state index contributed by atoms with van der Waals surface area (Å²) in [6.07, 6.45) is 0.120. The lowest BCUT2D eigenvalue weighted by molar-refractivity contribution is 0.00880. The van der Waals surface area contributed by atoms with Gasteiger partial charge in [0.2, 0.25) is 0 Å². The Kier molecular flexibility index (Phi) is 5.30. The molecule has 9 heteroatoms. The van der Waals surface area contributed by atoms with Crippen LogP contribution in [0.3, 0.4) is 0 Å². The van der Waals surface area contributed by atoms with E-state index in [4.69, 9.17) is 10.5 Å². The zero-order valence-electron chi connectivity index (χ0n) is 18.9. The second-order valence-corrected chi connectivity index (χ2v) is 8.91. The van der Waals surface area contributed by atoms with Crippen LogP contribution in [0.4, 0.5) is 15.8 Å². The standard InChI is InChI=1S/C24H27FN6O2/c1-13-12-33-15(10-30(2)3)11-31(13)14-7-8-17-19(9-14)28-23(27-17)21-22(26)20-16(25)5-4-6-18(20)29-24(21)32/h4-9,13,15H,10-12H2,1-3H3,(H,27,28)(H3,26,29,32)/t13-,15-/m0/s1. The number of pyridine rings is 1. The molecule has 1 saturated heterocycles. The third-order valence-corrected chi connectivity index (χ3v) is 6.14. The van der Waals surface area contributed by atoms with Crippen LogP contribution in [0.2, 0.25) is 0 Å². The van der Waals surface area contributed by atoms with Gasteiger partial charge in [-0.2, -0.15) is 0 Å². The number of nitrogen functional groups attached to an aromatic ring is 1. The fourth-order valence-corrected chi connectivity index (χ4v) is 4.56. The van der Waals surface area contributed by atoms with Gasteiger partial charge in [0.1, 0.15) is 17.2 Å². The van der Waals surface area contributed by atoms with Crippen LogP contribution in [0.15, 0.2) is 41.2 Å². The Balaban J connectivity index is 1.54. The number of imidazole rings is 1. The van der Waals surface area contributed by atoms with Crippen molar-refractivity contribution in [2.75, 3.05) is 44.4 Å². The summed E-state index contributed by atoms with van der Waals surface area (Å²) in [5.74, 6) is -0.180. The van der Waals surface area contributed by atoms with Crippen molar-refractivity contribution in [2.24, 2.45) is 0 Å². The Morgan fingerprint density at radius 2 is 2.06 bits per heavy atom. The fraction of sp³-hybridized carbons (Fsp3) is 0.333. The first-order chi connectivity index (χ1) is 15.8. The molecule has 172 valence electrons. The first-order valence-electron chi connectivity index (χ1n) is 10.9. The molecule has 5 rings (SSSR count). The normalized spacial score (nSPS) is 19.1. The van der Waals surface area contributed by atoms with Crippen LogP contribution in [0.25, 0.3) is 33.3 Å². The topological polar surface area (TPSA) is 103 Å². The van der Waals surface area contributed by atoms with Crippen molar-refractivity contribution in [3.05, 3.63) is 52.6 Å². The van der Waals surface area contributed by atoms with Crippen LogP contribution in [0, 0.1) is 5.82 Å². The zero-order valence-corrected chi connectivity index (χ0v) is 18.9. The summed E-state index contributed by atoms with van der Waals surface area (Å²) in [5, 5.41) is 0.183. The van der Waals surface area contributed by atoms with E-state index in [9.17, 15) is 9.18 Å². The molecule has 2 aromatic heterocycles. The van der Waals surface area contributed by atoms with Crippen molar-refractivity contribution in [3.63, 3.8) is 0 Å². The summed E-state index contributed by atoms with van der Waals surface area (Å²) in [5.41, 5.74) is 8.91. The number of benzene rings is 2. The van der Waals surface area contributed by atoms with Gasteiger partial charge in [-0.25, -0.2) is 9.37 Å². The average molecular weight is 451 g/mol. The average Bonchev–Trinajstić information content (AvgIpc) is 3.17. The Bertz CT molecular complexity index is 1400. The summed E-state index contributed by atoms with van der Waals surface area (Å²) in [4.78, 5) is 27.7. The molecule has 1 aliphatic rings. The lowest BCUT2D eigenvalue weighted by atomic mass is 10.1. The number of aromatic amines is 2. The van der Waals surface area contributed by atoms with E-state index in [1.54, 1.807) is 6.07 Å². The molecule has 8 nitrogen and oxygen atoms in total. The molecule has 0 aliphatic carbocycles. The number of ether oxygens (including phenoxy) is 1. The van der Waals surface area contributed by atoms with Crippen molar-refractivity contribution < 1.29 is 9.13 Å². The van der Waals surface area contributed by atoms with Gasteiger partial charge in [-0.1, -0.05) is 6.07 Å². The van der Waals surface area contributed by atoms with Gasteiger partial charge in [0.15, 0.2) is 0 Å². The minimum absolute atomic E-state index is 0.0689. The van der Waals surface area contributed by atoms with E-state index >= 15 is 0 Å². The Hall–Kier alpha value is -3.43. The van der Waals surface area contributed by atoms with E-state index in [1.807, 2.05) is 32.3 Å². The summed E-state index contributed by atoms with van der Waals surface area (Å²) in [7, 11) is 4.08. The molecule has 2 atom stereocenters. The fourth-order valence-electron chi connectivity index (χ4n) is 4.56. The van der Waals surface area contributed by atoms with E-state index in [1.165, 1.54) is 12.1 Å². The molecule has 0 unspecified atom stereocenters. The molecular formula is C24H27FN6O2. The van der Waals surface area contributed by atoms with Gasteiger partial charge >= 0.3 is 0 Å². The van der Waals surface area contributed by atoms with Crippen LogP contribution >= 0.6 is 0 Å². The molecule has 0 radical (unpaired) electrons.